The van der Waals surface area contributed by atoms with Crippen LogP contribution in [0.5, 0.6) is 0 Å². The first-order chi connectivity index (χ1) is 8.63. The van der Waals surface area contributed by atoms with E-state index in [0.717, 1.165) is 4.47 Å². The molecule has 2 rings (SSSR count). The lowest BCUT2D eigenvalue weighted by molar-refractivity contribution is -0.121. The van der Waals surface area contributed by atoms with Crippen molar-refractivity contribution >= 4 is 33.4 Å². The zero-order chi connectivity index (χ0) is 13.1. The molecule has 0 unspecified atom stereocenters. The Balaban J connectivity index is 2.19. The number of rotatable bonds is 3. The third kappa shape index (κ3) is 2.45. The van der Waals surface area contributed by atoms with E-state index < -0.39 is 6.04 Å². The molecule has 0 spiro atoms. The van der Waals surface area contributed by atoms with Crippen LogP contribution in [-0.4, -0.2) is 24.4 Å². The molecule has 1 aromatic carbocycles. The van der Waals surface area contributed by atoms with Gasteiger partial charge >= 0.3 is 0 Å². The van der Waals surface area contributed by atoms with Gasteiger partial charge in [0, 0.05) is 4.47 Å². The van der Waals surface area contributed by atoms with Gasteiger partial charge in [0.2, 0.25) is 5.91 Å². The summed E-state index contributed by atoms with van der Waals surface area (Å²) in [6, 6.07) is 6.51. The third-order valence-corrected chi connectivity index (χ3v) is 3.21. The maximum Gasteiger partial charge on any atom is 0.251 e. The van der Waals surface area contributed by atoms with Crippen molar-refractivity contribution in [3.8, 4) is 12.3 Å². The van der Waals surface area contributed by atoms with Gasteiger partial charge in [0.1, 0.15) is 0 Å². The molecule has 2 amide bonds. The fourth-order valence-corrected chi connectivity index (χ4v) is 2.10. The van der Waals surface area contributed by atoms with Crippen molar-refractivity contribution in [1.29, 1.82) is 0 Å². The van der Waals surface area contributed by atoms with Crippen molar-refractivity contribution in [2.45, 2.75) is 12.5 Å². The summed E-state index contributed by atoms with van der Waals surface area (Å²) in [5.41, 5.74) is 0.582. The first kappa shape index (κ1) is 12.8. The highest BCUT2D eigenvalue weighted by molar-refractivity contribution is 9.10. The zero-order valence-corrected chi connectivity index (χ0v) is 11.1. The number of imide groups is 1. The maximum atomic E-state index is 12.1. The number of carbonyl (C=O) groups is 2. The lowest BCUT2D eigenvalue weighted by Crippen LogP contribution is -2.38. The summed E-state index contributed by atoms with van der Waals surface area (Å²) in [6.07, 6.45) is 5.27. The number of nitrogens with one attached hydrogen (secondary N) is 1. The molecule has 1 aromatic rings. The highest BCUT2D eigenvalue weighted by Crippen LogP contribution is 2.24. The summed E-state index contributed by atoms with van der Waals surface area (Å²) in [4.78, 5) is 25.1. The van der Waals surface area contributed by atoms with Crippen LogP contribution in [0.1, 0.15) is 6.42 Å². The molecule has 0 saturated carbocycles. The summed E-state index contributed by atoms with van der Waals surface area (Å²) in [6.45, 7) is 0.276. The number of nitrogens with zero attached hydrogens (tertiary/aromatic N) is 1. The molecule has 1 aliphatic rings. The largest absolute Gasteiger partial charge is 0.295 e. The van der Waals surface area contributed by atoms with Crippen molar-refractivity contribution in [1.82, 2.24) is 5.32 Å². The second kappa shape index (κ2) is 5.34. The Morgan fingerprint density at radius 3 is 2.67 bits per heavy atom. The molecular formula is C13H11BrN2O2. The molecular weight excluding hydrogens is 296 g/mol. The third-order valence-electron chi connectivity index (χ3n) is 2.68. The van der Waals surface area contributed by atoms with Gasteiger partial charge in [0.25, 0.3) is 5.91 Å². The van der Waals surface area contributed by atoms with Gasteiger partial charge in [-0.05, 0) is 24.3 Å². The number of benzene rings is 1. The summed E-state index contributed by atoms with van der Waals surface area (Å²) < 4.78 is 0.896. The summed E-state index contributed by atoms with van der Waals surface area (Å²) in [7, 11) is 0. The summed E-state index contributed by atoms with van der Waals surface area (Å²) in [5, 5.41) is 2.87. The minimum atomic E-state index is -0.516. The molecule has 92 valence electrons. The molecule has 4 nitrogen and oxygen atoms in total. The predicted octanol–water partition coefficient (Wildman–Crippen LogP) is 1.30. The van der Waals surface area contributed by atoms with Crippen LogP contribution in [0.15, 0.2) is 28.7 Å². The molecule has 0 radical (unpaired) electrons. The zero-order valence-electron chi connectivity index (χ0n) is 9.52. The number of carbonyl (C=O) groups excluding carboxylic acids is 2. The van der Waals surface area contributed by atoms with Crippen LogP contribution in [-0.2, 0) is 9.59 Å². The minimum absolute atomic E-state index is 0.149. The van der Waals surface area contributed by atoms with E-state index >= 15 is 0 Å². The molecule has 1 fully saturated rings. The lowest BCUT2D eigenvalue weighted by Gasteiger charge is -2.15. The Bertz CT molecular complexity index is 519. The van der Waals surface area contributed by atoms with Crippen LogP contribution in [0.2, 0.25) is 0 Å². The van der Waals surface area contributed by atoms with Crippen LogP contribution in [0.3, 0.4) is 0 Å². The Hall–Kier alpha value is -1.64. The van der Waals surface area contributed by atoms with Crippen LogP contribution in [0.4, 0.5) is 5.69 Å². The number of hydrogen-bond acceptors (Lipinski definition) is 3. The molecule has 1 saturated heterocycles. The van der Waals surface area contributed by atoms with Crippen molar-refractivity contribution in [2.24, 2.45) is 0 Å². The molecule has 5 heteroatoms. The van der Waals surface area contributed by atoms with E-state index in [4.69, 9.17) is 6.42 Å². The first-order valence-electron chi connectivity index (χ1n) is 5.42. The number of anilines is 1. The average Bonchev–Trinajstić information content (AvgIpc) is 2.63. The average molecular weight is 307 g/mol. The minimum Gasteiger partial charge on any atom is -0.295 e. The van der Waals surface area contributed by atoms with Gasteiger partial charge < -0.3 is 0 Å². The Morgan fingerprint density at radius 1 is 1.39 bits per heavy atom. The van der Waals surface area contributed by atoms with Gasteiger partial charge in [0.15, 0.2) is 0 Å². The van der Waals surface area contributed by atoms with Gasteiger partial charge in [-0.15, -0.1) is 6.42 Å². The number of halogens is 1. The molecule has 18 heavy (non-hydrogen) atoms. The van der Waals surface area contributed by atoms with Gasteiger partial charge in [-0.1, -0.05) is 21.9 Å². The Labute approximate surface area is 113 Å². The Morgan fingerprint density at radius 2 is 2.06 bits per heavy atom. The number of hydrogen-bond donors (Lipinski definition) is 1. The van der Waals surface area contributed by atoms with Crippen LogP contribution in [0.25, 0.3) is 0 Å². The van der Waals surface area contributed by atoms with E-state index in [1.165, 1.54) is 4.90 Å². The topological polar surface area (TPSA) is 49.4 Å². The molecule has 1 atom stereocenters. The van der Waals surface area contributed by atoms with Crippen molar-refractivity contribution in [3.63, 3.8) is 0 Å². The molecule has 0 aromatic heterocycles. The lowest BCUT2D eigenvalue weighted by atomic mass is 10.2. The quantitative estimate of drug-likeness (QED) is 0.676. The molecule has 1 aliphatic heterocycles. The first-order valence-corrected chi connectivity index (χ1v) is 6.22. The van der Waals surface area contributed by atoms with E-state index in [9.17, 15) is 9.59 Å². The molecule has 0 bridgehead atoms. The second-order valence-electron chi connectivity index (χ2n) is 3.89. The fourth-order valence-electron chi connectivity index (χ4n) is 1.83. The number of amides is 2. The summed E-state index contributed by atoms with van der Waals surface area (Å²) >= 11 is 3.31. The smallest absolute Gasteiger partial charge is 0.251 e. The number of terminal acetylenes is 1. The predicted molar refractivity (Wildman–Crippen MR) is 71.9 cm³/mol. The Kier molecular flexibility index (Phi) is 3.80. The van der Waals surface area contributed by atoms with Gasteiger partial charge in [-0.2, -0.15) is 0 Å². The standard InChI is InChI=1S/C13H11BrN2O2/c1-2-7-15-11-8-12(17)16(13(11)18)10-5-3-9(14)4-6-10/h1,3-6,11,15H,7-8H2/t11-/m0/s1. The normalized spacial score (nSPS) is 19.1. The van der Waals surface area contributed by atoms with Crippen LogP contribution in [0, 0.1) is 12.3 Å². The van der Waals surface area contributed by atoms with E-state index in [-0.39, 0.29) is 24.8 Å². The van der Waals surface area contributed by atoms with E-state index in [1.54, 1.807) is 24.3 Å². The molecule has 1 heterocycles. The highest BCUT2D eigenvalue weighted by atomic mass is 79.9. The van der Waals surface area contributed by atoms with E-state index in [1.807, 2.05) is 0 Å². The summed E-state index contributed by atoms with van der Waals surface area (Å²) in [5.74, 6) is 1.93. The van der Waals surface area contributed by atoms with Gasteiger partial charge in [-0.25, -0.2) is 4.90 Å². The maximum absolute atomic E-state index is 12.1. The second-order valence-corrected chi connectivity index (χ2v) is 4.80. The van der Waals surface area contributed by atoms with Crippen molar-refractivity contribution < 1.29 is 9.59 Å². The fraction of sp³-hybridized carbons (Fsp3) is 0.231. The van der Waals surface area contributed by atoms with Crippen molar-refractivity contribution in [3.05, 3.63) is 28.7 Å². The highest BCUT2D eigenvalue weighted by Gasteiger charge is 2.38. The van der Waals surface area contributed by atoms with E-state index in [0.29, 0.717) is 5.69 Å². The van der Waals surface area contributed by atoms with Gasteiger partial charge in [-0.3, -0.25) is 14.9 Å². The van der Waals surface area contributed by atoms with E-state index in [2.05, 4.69) is 27.2 Å². The van der Waals surface area contributed by atoms with Crippen LogP contribution >= 0.6 is 15.9 Å². The monoisotopic (exact) mass is 306 g/mol. The molecule has 1 N–H and O–H groups in total. The van der Waals surface area contributed by atoms with Crippen molar-refractivity contribution in [2.75, 3.05) is 11.4 Å². The van der Waals surface area contributed by atoms with Gasteiger partial charge in [0.05, 0.1) is 24.7 Å². The van der Waals surface area contributed by atoms with Crippen LogP contribution < -0.4 is 10.2 Å². The molecule has 0 aliphatic carbocycles. The SMILES string of the molecule is C#CCN[C@H]1CC(=O)N(c2ccc(Br)cc2)C1=O.